The Balaban J connectivity index is 2.40. The van der Waals surface area contributed by atoms with Crippen LogP contribution in [0, 0.1) is 11.6 Å². The second kappa shape index (κ2) is 5.80. The highest BCUT2D eigenvalue weighted by molar-refractivity contribution is 9.10. The van der Waals surface area contributed by atoms with Crippen LogP contribution >= 0.6 is 31.9 Å². The van der Waals surface area contributed by atoms with Crippen LogP contribution in [-0.4, -0.2) is 0 Å². The van der Waals surface area contributed by atoms with Crippen molar-refractivity contribution in [3.05, 3.63) is 58.1 Å². The van der Waals surface area contributed by atoms with Crippen LogP contribution in [0.25, 0.3) is 0 Å². The minimum atomic E-state index is -0.497. The number of hydrogen-bond acceptors (Lipinski definition) is 1. The molecule has 94 valence electrons. The Bertz CT molecular complexity index is 573. The van der Waals surface area contributed by atoms with Crippen molar-refractivity contribution in [3.63, 3.8) is 0 Å². The molecule has 0 radical (unpaired) electrons. The first-order chi connectivity index (χ1) is 8.61. The van der Waals surface area contributed by atoms with Crippen molar-refractivity contribution in [1.29, 1.82) is 0 Å². The predicted octanol–water partition coefficient (Wildman–Crippen LogP) is 5.41. The smallest absolute Gasteiger partial charge is 0.165 e. The van der Waals surface area contributed by atoms with E-state index < -0.39 is 5.82 Å². The summed E-state index contributed by atoms with van der Waals surface area (Å²) in [6, 6.07) is 8.80. The summed E-state index contributed by atoms with van der Waals surface area (Å²) in [6.07, 6.45) is 0. The van der Waals surface area contributed by atoms with Crippen LogP contribution in [0.4, 0.5) is 8.78 Å². The van der Waals surface area contributed by atoms with Crippen LogP contribution < -0.4 is 4.74 Å². The van der Waals surface area contributed by atoms with Gasteiger partial charge >= 0.3 is 0 Å². The summed E-state index contributed by atoms with van der Waals surface area (Å²) >= 11 is 6.41. The average Bonchev–Trinajstić information content (AvgIpc) is 2.34. The van der Waals surface area contributed by atoms with Gasteiger partial charge in [0.15, 0.2) is 11.6 Å². The fourth-order valence-corrected chi connectivity index (χ4v) is 2.32. The first-order valence-corrected chi connectivity index (χ1v) is 6.99. The summed E-state index contributed by atoms with van der Waals surface area (Å²) in [7, 11) is 0. The molecule has 2 aromatic rings. The number of alkyl halides is 1. The maximum Gasteiger partial charge on any atom is 0.165 e. The van der Waals surface area contributed by atoms with Crippen LogP contribution in [0.5, 0.6) is 11.5 Å². The maximum absolute atomic E-state index is 13.5. The Morgan fingerprint density at radius 3 is 2.50 bits per heavy atom. The Morgan fingerprint density at radius 2 is 1.78 bits per heavy atom. The molecule has 0 heterocycles. The summed E-state index contributed by atoms with van der Waals surface area (Å²) in [5.41, 5.74) is 0.358. The Kier molecular flexibility index (Phi) is 4.35. The average molecular weight is 378 g/mol. The zero-order chi connectivity index (χ0) is 13.1. The molecular formula is C13H8Br2F2O. The van der Waals surface area contributed by atoms with E-state index in [9.17, 15) is 8.78 Å². The Hall–Kier alpha value is -0.940. The van der Waals surface area contributed by atoms with Gasteiger partial charge in [0.25, 0.3) is 0 Å². The number of rotatable bonds is 3. The van der Waals surface area contributed by atoms with Gasteiger partial charge in [0.2, 0.25) is 0 Å². The van der Waals surface area contributed by atoms with E-state index in [0.29, 0.717) is 21.1 Å². The lowest BCUT2D eigenvalue weighted by atomic mass is 10.2. The summed E-state index contributed by atoms with van der Waals surface area (Å²) in [5, 5.41) is 0.296. The fraction of sp³-hybridized carbons (Fsp3) is 0.0769. The molecule has 0 saturated carbocycles. The third-order valence-electron chi connectivity index (χ3n) is 2.32. The highest BCUT2D eigenvalue weighted by Gasteiger charge is 2.11. The second-order valence-electron chi connectivity index (χ2n) is 3.53. The highest BCUT2D eigenvalue weighted by atomic mass is 79.9. The number of hydrogen-bond donors (Lipinski definition) is 0. The lowest BCUT2D eigenvalue weighted by molar-refractivity contribution is 0.434. The molecule has 0 unspecified atom stereocenters. The number of benzene rings is 2. The van der Waals surface area contributed by atoms with E-state index in [-0.39, 0.29) is 11.6 Å². The molecular weight excluding hydrogens is 370 g/mol. The number of halogens is 4. The SMILES string of the molecule is Fc1ccc(Br)cc1Oc1cccc(F)c1CBr. The van der Waals surface area contributed by atoms with Crippen LogP contribution in [0.15, 0.2) is 40.9 Å². The molecule has 0 atom stereocenters. The monoisotopic (exact) mass is 376 g/mol. The molecule has 5 heteroatoms. The number of ether oxygens (including phenoxy) is 1. The van der Waals surface area contributed by atoms with E-state index in [4.69, 9.17) is 4.74 Å². The summed E-state index contributed by atoms with van der Waals surface area (Å²) in [5.74, 6) is -0.538. The van der Waals surface area contributed by atoms with Crippen LogP contribution in [0.2, 0.25) is 0 Å². The lowest BCUT2D eigenvalue weighted by Gasteiger charge is -2.11. The summed E-state index contributed by atoms with van der Waals surface area (Å²) in [4.78, 5) is 0. The van der Waals surface area contributed by atoms with Gasteiger partial charge in [-0.3, -0.25) is 0 Å². The van der Waals surface area contributed by atoms with E-state index in [0.717, 1.165) is 0 Å². The van der Waals surface area contributed by atoms with Gasteiger partial charge in [-0.25, -0.2) is 8.78 Å². The molecule has 2 rings (SSSR count). The van der Waals surface area contributed by atoms with Crippen molar-refractivity contribution in [2.45, 2.75) is 5.33 Å². The van der Waals surface area contributed by atoms with Crippen molar-refractivity contribution in [1.82, 2.24) is 0 Å². The Labute approximate surface area is 120 Å². The third-order valence-corrected chi connectivity index (χ3v) is 3.38. The summed E-state index contributed by atoms with van der Waals surface area (Å²) in [6.45, 7) is 0. The molecule has 2 aromatic carbocycles. The zero-order valence-electron chi connectivity index (χ0n) is 9.09. The van der Waals surface area contributed by atoms with Gasteiger partial charge in [0.1, 0.15) is 11.6 Å². The van der Waals surface area contributed by atoms with Crippen molar-refractivity contribution in [2.75, 3.05) is 0 Å². The molecule has 0 aliphatic carbocycles. The van der Waals surface area contributed by atoms with Gasteiger partial charge in [-0.2, -0.15) is 0 Å². The van der Waals surface area contributed by atoms with E-state index in [2.05, 4.69) is 31.9 Å². The molecule has 0 N–H and O–H groups in total. The predicted molar refractivity (Wildman–Crippen MR) is 73.2 cm³/mol. The molecule has 1 nitrogen and oxygen atoms in total. The van der Waals surface area contributed by atoms with Crippen molar-refractivity contribution < 1.29 is 13.5 Å². The molecule has 0 aliphatic heterocycles. The van der Waals surface area contributed by atoms with Gasteiger partial charge < -0.3 is 4.74 Å². The van der Waals surface area contributed by atoms with E-state index >= 15 is 0 Å². The van der Waals surface area contributed by atoms with Crippen molar-refractivity contribution in [2.24, 2.45) is 0 Å². The summed E-state index contributed by atoms with van der Waals surface area (Å²) < 4.78 is 33.2. The first-order valence-electron chi connectivity index (χ1n) is 5.08. The minimum absolute atomic E-state index is 0.0529. The molecule has 0 spiro atoms. The molecule has 0 bridgehead atoms. The minimum Gasteiger partial charge on any atom is -0.454 e. The van der Waals surface area contributed by atoms with Gasteiger partial charge in [-0.15, -0.1) is 0 Å². The highest BCUT2D eigenvalue weighted by Crippen LogP contribution is 2.31. The van der Waals surface area contributed by atoms with E-state index in [1.54, 1.807) is 12.1 Å². The van der Waals surface area contributed by atoms with E-state index in [1.165, 1.54) is 24.3 Å². The normalized spacial score (nSPS) is 10.4. The van der Waals surface area contributed by atoms with Gasteiger partial charge in [-0.05, 0) is 30.3 Å². The molecule has 0 amide bonds. The van der Waals surface area contributed by atoms with Gasteiger partial charge in [0.05, 0.1) is 0 Å². The largest absolute Gasteiger partial charge is 0.454 e. The van der Waals surface area contributed by atoms with Crippen LogP contribution in [-0.2, 0) is 5.33 Å². The van der Waals surface area contributed by atoms with Crippen molar-refractivity contribution in [3.8, 4) is 11.5 Å². The zero-order valence-corrected chi connectivity index (χ0v) is 12.3. The lowest BCUT2D eigenvalue weighted by Crippen LogP contribution is -1.94. The topological polar surface area (TPSA) is 9.23 Å². The van der Waals surface area contributed by atoms with Gasteiger partial charge in [-0.1, -0.05) is 37.9 Å². The van der Waals surface area contributed by atoms with Crippen LogP contribution in [0.1, 0.15) is 5.56 Å². The van der Waals surface area contributed by atoms with Crippen LogP contribution in [0.3, 0.4) is 0 Å². The third kappa shape index (κ3) is 2.90. The molecule has 0 aromatic heterocycles. The first kappa shape index (κ1) is 13.5. The molecule has 0 aliphatic rings. The quantitative estimate of drug-likeness (QED) is 0.649. The second-order valence-corrected chi connectivity index (χ2v) is 5.00. The van der Waals surface area contributed by atoms with Gasteiger partial charge in [0, 0.05) is 15.4 Å². The van der Waals surface area contributed by atoms with E-state index in [1.807, 2.05) is 0 Å². The van der Waals surface area contributed by atoms with Crippen molar-refractivity contribution >= 4 is 31.9 Å². The standard InChI is InChI=1S/C13H8Br2F2O/c14-7-9-10(16)2-1-3-12(9)18-13-6-8(15)4-5-11(13)17/h1-6H,7H2. The molecule has 0 saturated heterocycles. The maximum atomic E-state index is 13.5. The molecule has 18 heavy (non-hydrogen) atoms. The Morgan fingerprint density at radius 1 is 1.00 bits per heavy atom. The fourth-order valence-electron chi connectivity index (χ4n) is 1.44. The molecule has 0 fully saturated rings.